The number of carbonyl (C=O) groups is 1. The summed E-state index contributed by atoms with van der Waals surface area (Å²) in [6.45, 7) is 10.1. The first-order chi connectivity index (χ1) is 12.0. The predicted molar refractivity (Wildman–Crippen MR) is 104 cm³/mol. The summed E-state index contributed by atoms with van der Waals surface area (Å²) in [6, 6.07) is 7.30. The third-order valence-electron chi connectivity index (χ3n) is 5.44. The van der Waals surface area contributed by atoms with Crippen LogP contribution in [0.1, 0.15) is 33.1 Å². The second-order valence-electron chi connectivity index (χ2n) is 8.04. The Morgan fingerprint density at radius 3 is 2.52 bits per heavy atom. The summed E-state index contributed by atoms with van der Waals surface area (Å²) in [5.74, 6) is 2.34. The van der Waals surface area contributed by atoms with Gasteiger partial charge < -0.3 is 15.1 Å². The van der Waals surface area contributed by atoms with Gasteiger partial charge in [-0.2, -0.15) is 0 Å². The summed E-state index contributed by atoms with van der Waals surface area (Å²) in [5.41, 5.74) is 0.760. The quantitative estimate of drug-likeness (QED) is 0.854. The first kappa shape index (κ1) is 18.5. The molecule has 1 N–H and O–H groups in total. The van der Waals surface area contributed by atoms with Crippen LogP contribution >= 0.6 is 11.6 Å². The Labute approximate surface area is 156 Å². The Hall–Kier alpha value is -1.26. The molecule has 0 unspecified atom stereocenters. The molecule has 0 aromatic heterocycles. The Morgan fingerprint density at radius 1 is 1.20 bits per heavy atom. The van der Waals surface area contributed by atoms with E-state index in [1.54, 1.807) is 6.07 Å². The van der Waals surface area contributed by atoms with Gasteiger partial charge >= 0.3 is 6.03 Å². The van der Waals surface area contributed by atoms with Gasteiger partial charge in [0.25, 0.3) is 0 Å². The van der Waals surface area contributed by atoms with Gasteiger partial charge in [-0.05, 0) is 55.2 Å². The van der Waals surface area contributed by atoms with Crippen molar-refractivity contribution in [2.45, 2.75) is 33.1 Å². The van der Waals surface area contributed by atoms with E-state index in [2.05, 4.69) is 24.1 Å². The van der Waals surface area contributed by atoms with Gasteiger partial charge in [-0.3, -0.25) is 0 Å². The summed E-state index contributed by atoms with van der Waals surface area (Å²) in [4.78, 5) is 17.0. The number of halogens is 1. The maximum Gasteiger partial charge on any atom is 0.321 e. The number of carbonyl (C=O) groups excluding carboxylic acids is 1. The fourth-order valence-corrected chi connectivity index (χ4v) is 4.58. The molecular weight excluding hydrogens is 334 g/mol. The highest BCUT2D eigenvalue weighted by molar-refractivity contribution is 6.30. The molecule has 2 aliphatic rings. The van der Waals surface area contributed by atoms with Gasteiger partial charge in [0.15, 0.2) is 0 Å². The number of likely N-dealkylation sites (tertiary alicyclic amines) is 2. The Morgan fingerprint density at radius 2 is 1.88 bits per heavy atom. The number of rotatable bonds is 3. The number of nitrogens with one attached hydrogen (secondary N) is 1. The monoisotopic (exact) mass is 363 g/mol. The van der Waals surface area contributed by atoms with Crippen LogP contribution in [-0.4, -0.2) is 48.6 Å². The number of amides is 2. The molecule has 3 rings (SSSR count). The third-order valence-corrected chi connectivity index (χ3v) is 5.67. The van der Waals surface area contributed by atoms with E-state index < -0.39 is 0 Å². The largest absolute Gasteiger partial charge is 0.325 e. The summed E-state index contributed by atoms with van der Waals surface area (Å²) in [6.07, 6.45) is 3.56. The predicted octanol–water partition coefficient (Wildman–Crippen LogP) is 4.56. The molecule has 138 valence electrons. The van der Waals surface area contributed by atoms with E-state index in [4.69, 9.17) is 11.6 Å². The van der Waals surface area contributed by atoms with Gasteiger partial charge in [-0.15, -0.1) is 0 Å². The minimum absolute atomic E-state index is 0.0130. The van der Waals surface area contributed by atoms with Crippen molar-refractivity contribution < 1.29 is 4.79 Å². The zero-order valence-electron chi connectivity index (χ0n) is 15.4. The molecule has 2 amide bonds. The molecule has 2 fully saturated rings. The van der Waals surface area contributed by atoms with Crippen molar-refractivity contribution in [2.24, 2.45) is 17.8 Å². The van der Waals surface area contributed by atoms with E-state index in [0.29, 0.717) is 10.9 Å². The molecule has 4 nitrogen and oxygen atoms in total. The van der Waals surface area contributed by atoms with Gasteiger partial charge in [-0.1, -0.05) is 31.5 Å². The van der Waals surface area contributed by atoms with Crippen LogP contribution in [-0.2, 0) is 0 Å². The highest BCUT2D eigenvalue weighted by atomic mass is 35.5. The fourth-order valence-electron chi connectivity index (χ4n) is 4.39. The lowest BCUT2D eigenvalue weighted by Crippen LogP contribution is -2.46. The minimum atomic E-state index is -0.0130. The lowest BCUT2D eigenvalue weighted by atomic mass is 9.89. The summed E-state index contributed by atoms with van der Waals surface area (Å²) >= 11 is 5.98. The van der Waals surface area contributed by atoms with Crippen LogP contribution in [0.3, 0.4) is 0 Å². The van der Waals surface area contributed by atoms with E-state index >= 15 is 0 Å². The SMILES string of the molecule is C[C@@H]1C[C@@H](C)CN(CC2CCN(C(=O)Nc3cccc(Cl)c3)CC2)C1. The minimum Gasteiger partial charge on any atom is -0.325 e. The number of anilines is 1. The van der Waals surface area contributed by atoms with Gasteiger partial charge in [-0.25, -0.2) is 4.79 Å². The number of piperidine rings is 2. The number of nitrogens with zero attached hydrogens (tertiary/aromatic N) is 2. The molecule has 2 aliphatic heterocycles. The Balaban J connectivity index is 1.44. The van der Waals surface area contributed by atoms with Crippen LogP contribution in [0.15, 0.2) is 24.3 Å². The van der Waals surface area contributed by atoms with Gasteiger partial charge in [0.2, 0.25) is 0 Å². The van der Waals surface area contributed by atoms with Crippen LogP contribution in [0.25, 0.3) is 0 Å². The first-order valence-corrected chi connectivity index (χ1v) is 9.91. The molecule has 1 aromatic carbocycles. The zero-order valence-corrected chi connectivity index (χ0v) is 16.1. The molecule has 0 saturated carbocycles. The Bertz CT molecular complexity index is 576. The molecule has 25 heavy (non-hydrogen) atoms. The van der Waals surface area contributed by atoms with E-state index in [0.717, 1.165) is 43.5 Å². The van der Waals surface area contributed by atoms with Crippen LogP contribution in [0.4, 0.5) is 10.5 Å². The standard InChI is InChI=1S/C20H30ClN3O/c1-15-10-16(2)13-23(12-15)14-17-6-8-24(9-7-17)20(25)22-19-5-3-4-18(21)11-19/h3-5,11,15-17H,6-10,12-14H2,1-2H3,(H,22,25)/t15-,16-/m1/s1. The summed E-state index contributed by atoms with van der Waals surface area (Å²) in [5, 5.41) is 3.59. The van der Waals surface area contributed by atoms with E-state index in [9.17, 15) is 4.79 Å². The van der Waals surface area contributed by atoms with Crippen LogP contribution < -0.4 is 5.32 Å². The molecule has 0 aliphatic carbocycles. The van der Waals surface area contributed by atoms with Crippen LogP contribution in [0.2, 0.25) is 5.02 Å². The van der Waals surface area contributed by atoms with Crippen molar-refractivity contribution in [1.82, 2.24) is 9.80 Å². The first-order valence-electron chi connectivity index (χ1n) is 9.53. The second-order valence-corrected chi connectivity index (χ2v) is 8.47. The van der Waals surface area contributed by atoms with Crippen molar-refractivity contribution >= 4 is 23.3 Å². The van der Waals surface area contributed by atoms with Crippen molar-refractivity contribution in [3.8, 4) is 0 Å². The van der Waals surface area contributed by atoms with Gasteiger partial charge in [0, 0.05) is 43.4 Å². The molecule has 1 aromatic rings. The number of urea groups is 1. The maximum absolute atomic E-state index is 12.4. The molecule has 0 spiro atoms. The van der Waals surface area contributed by atoms with Crippen LogP contribution in [0, 0.1) is 17.8 Å². The van der Waals surface area contributed by atoms with Crippen molar-refractivity contribution in [2.75, 3.05) is 38.0 Å². The average molecular weight is 364 g/mol. The van der Waals surface area contributed by atoms with E-state index in [1.165, 1.54) is 26.1 Å². The average Bonchev–Trinajstić information content (AvgIpc) is 2.54. The number of hydrogen-bond donors (Lipinski definition) is 1. The van der Waals surface area contributed by atoms with Crippen molar-refractivity contribution in [3.05, 3.63) is 29.3 Å². The number of benzene rings is 1. The molecule has 0 radical (unpaired) electrons. The van der Waals surface area contributed by atoms with Gasteiger partial charge in [0.1, 0.15) is 0 Å². The zero-order chi connectivity index (χ0) is 17.8. The summed E-state index contributed by atoms with van der Waals surface area (Å²) in [7, 11) is 0. The maximum atomic E-state index is 12.4. The lowest BCUT2D eigenvalue weighted by molar-refractivity contribution is 0.101. The number of hydrogen-bond acceptors (Lipinski definition) is 2. The van der Waals surface area contributed by atoms with Crippen molar-refractivity contribution in [1.29, 1.82) is 0 Å². The lowest BCUT2D eigenvalue weighted by Gasteiger charge is -2.39. The van der Waals surface area contributed by atoms with Crippen LogP contribution in [0.5, 0.6) is 0 Å². The van der Waals surface area contributed by atoms with Crippen molar-refractivity contribution in [3.63, 3.8) is 0 Å². The molecule has 2 atom stereocenters. The molecule has 2 saturated heterocycles. The molecule has 2 heterocycles. The smallest absolute Gasteiger partial charge is 0.321 e. The molecular formula is C20H30ClN3O. The normalized spacial score (nSPS) is 25.8. The fraction of sp³-hybridized carbons (Fsp3) is 0.650. The second kappa shape index (κ2) is 8.41. The topological polar surface area (TPSA) is 35.6 Å². The highest BCUT2D eigenvalue weighted by Crippen LogP contribution is 2.25. The van der Waals surface area contributed by atoms with Gasteiger partial charge in [0.05, 0.1) is 0 Å². The molecule has 5 heteroatoms. The summed E-state index contributed by atoms with van der Waals surface area (Å²) < 4.78 is 0. The van der Waals surface area contributed by atoms with E-state index in [-0.39, 0.29) is 6.03 Å². The molecule has 0 bridgehead atoms. The third kappa shape index (κ3) is 5.35. The van der Waals surface area contributed by atoms with E-state index in [1.807, 2.05) is 23.1 Å². The Kier molecular flexibility index (Phi) is 6.24. The highest BCUT2D eigenvalue weighted by Gasteiger charge is 2.27.